The summed E-state index contributed by atoms with van der Waals surface area (Å²) in [4.78, 5) is 27.4. The highest BCUT2D eigenvalue weighted by Crippen LogP contribution is 2.37. The summed E-state index contributed by atoms with van der Waals surface area (Å²) in [5.41, 5.74) is 6.15. The molecule has 4 rings (SSSR count). The number of carbonyl (C=O) groups is 2. The number of carbonyl (C=O) groups excluding carboxylic acids is 2. The summed E-state index contributed by atoms with van der Waals surface area (Å²) in [5, 5.41) is 2.46. The molecule has 1 heterocycles. The summed E-state index contributed by atoms with van der Waals surface area (Å²) in [6.07, 6.45) is 2.52. The maximum Gasteiger partial charge on any atom is 0.257 e. The lowest BCUT2D eigenvalue weighted by Gasteiger charge is -2.28. The number of benzene rings is 2. The molecular weight excluding hydrogens is 552 g/mol. The third-order valence-electron chi connectivity index (χ3n) is 7.49. The summed E-state index contributed by atoms with van der Waals surface area (Å²) in [7, 11) is -3.88. The molecule has 4 N–H and O–H groups in total. The fourth-order valence-corrected chi connectivity index (χ4v) is 6.67. The van der Waals surface area contributed by atoms with Gasteiger partial charge < -0.3 is 16.0 Å². The SMILES string of the molecule is CCCS(=O)(=O)Nc1ccc(F)c(C(=O)NC[C@@H]2CCCN2C(=O)C[C@H](N)[C@H]2CCc3cc(F)c(F)cc32)c1F. The normalized spacial score (nSPS) is 19.4. The second-order valence-electron chi connectivity index (χ2n) is 10.3. The lowest BCUT2D eigenvalue weighted by molar-refractivity contribution is -0.132. The molecule has 1 fully saturated rings. The van der Waals surface area contributed by atoms with Gasteiger partial charge in [0.2, 0.25) is 15.9 Å². The monoisotopic (exact) mass is 584 g/mol. The van der Waals surface area contributed by atoms with E-state index in [2.05, 4.69) is 5.32 Å². The van der Waals surface area contributed by atoms with E-state index < -0.39 is 62.5 Å². The zero-order valence-electron chi connectivity index (χ0n) is 22.0. The molecule has 0 unspecified atom stereocenters. The van der Waals surface area contributed by atoms with Crippen molar-refractivity contribution in [2.75, 3.05) is 23.6 Å². The molecule has 0 saturated carbocycles. The molecule has 2 aromatic carbocycles. The first-order valence-corrected chi connectivity index (χ1v) is 14.9. The predicted molar refractivity (Wildman–Crippen MR) is 141 cm³/mol. The first-order chi connectivity index (χ1) is 18.9. The molecule has 2 aromatic rings. The molecule has 1 saturated heterocycles. The van der Waals surface area contributed by atoms with Crippen LogP contribution >= 0.6 is 0 Å². The standard InChI is InChI=1S/C27H32F4N4O4S/c1-2-10-40(38,39)34-23-8-7-19(28)25(26(23)31)27(37)33-14-16-4-3-9-35(16)24(36)13-22(32)17-6-5-15-11-20(29)21(30)12-18(15)17/h7-8,11-12,16-17,22,34H,2-6,9-10,13-14,32H2,1H3,(H,33,37)/t16-,17-,22-/m0/s1. The number of aryl methyl sites for hydroxylation is 1. The van der Waals surface area contributed by atoms with Crippen LogP contribution in [-0.2, 0) is 21.2 Å². The molecule has 0 aromatic heterocycles. The van der Waals surface area contributed by atoms with Gasteiger partial charge >= 0.3 is 0 Å². The number of anilines is 1. The van der Waals surface area contributed by atoms with Crippen molar-refractivity contribution in [2.24, 2.45) is 5.73 Å². The maximum atomic E-state index is 15.0. The predicted octanol–water partition coefficient (Wildman–Crippen LogP) is 3.56. The summed E-state index contributed by atoms with van der Waals surface area (Å²) in [6, 6.07) is 2.95. The number of nitrogens with zero attached hydrogens (tertiary/aromatic N) is 1. The first kappa shape index (κ1) is 29.8. The Hall–Kier alpha value is -3.19. The van der Waals surface area contributed by atoms with Gasteiger partial charge in [-0.15, -0.1) is 0 Å². The van der Waals surface area contributed by atoms with Crippen molar-refractivity contribution in [3.8, 4) is 0 Å². The van der Waals surface area contributed by atoms with Gasteiger partial charge in [0.25, 0.3) is 5.91 Å². The fraction of sp³-hybridized carbons (Fsp3) is 0.481. The number of hydrogen-bond acceptors (Lipinski definition) is 5. The highest BCUT2D eigenvalue weighted by Gasteiger charge is 2.35. The minimum Gasteiger partial charge on any atom is -0.350 e. The van der Waals surface area contributed by atoms with Crippen molar-refractivity contribution in [1.29, 1.82) is 0 Å². The maximum absolute atomic E-state index is 15.0. The van der Waals surface area contributed by atoms with Crippen molar-refractivity contribution in [2.45, 2.75) is 63.5 Å². The minimum atomic E-state index is -3.88. The van der Waals surface area contributed by atoms with Gasteiger partial charge in [-0.3, -0.25) is 14.3 Å². The number of rotatable bonds is 10. The first-order valence-electron chi connectivity index (χ1n) is 13.2. The Balaban J connectivity index is 1.39. The lowest BCUT2D eigenvalue weighted by atomic mass is 9.91. The van der Waals surface area contributed by atoms with Crippen molar-refractivity contribution in [3.05, 3.63) is 64.2 Å². The van der Waals surface area contributed by atoms with Crippen LogP contribution in [0, 0.1) is 23.3 Å². The second-order valence-corrected chi connectivity index (χ2v) is 12.1. The number of halogens is 4. The quantitative estimate of drug-likeness (QED) is 0.369. The van der Waals surface area contributed by atoms with E-state index in [0.29, 0.717) is 43.4 Å². The molecular formula is C27H32F4N4O4S. The van der Waals surface area contributed by atoms with Crippen molar-refractivity contribution in [1.82, 2.24) is 10.2 Å². The van der Waals surface area contributed by atoms with Crippen LogP contribution < -0.4 is 15.8 Å². The molecule has 2 aliphatic rings. The zero-order valence-corrected chi connectivity index (χ0v) is 22.8. The van der Waals surface area contributed by atoms with Crippen LogP contribution in [0.4, 0.5) is 23.2 Å². The van der Waals surface area contributed by atoms with Crippen LogP contribution in [0.1, 0.15) is 66.4 Å². The molecule has 13 heteroatoms. The molecule has 218 valence electrons. The summed E-state index contributed by atoms with van der Waals surface area (Å²) >= 11 is 0. The van der Waals surface area contributed by atoms with Gasteiger partial charge in [0.1, 0.15) is 11.4 Å². The van der Waals surface area contributed by atoms with E-state index in [1.165, 1.54) is 6.07 Å². The molecule has 2 amide bonds. The number of amides is 2. The van der Waals surface area contributed by atoms with Gasteiger partial charge in [0, 0.05) is 37.5 Å². The van der Waals surface area contributed by atoms with Gasteiger partial charge in [-0.05, 0) is 67.5 Å². The molecule has 8 nitrogen and oxygen atoms in total. The Morgan fingerprint density at radius 3 is 2.55 bits per heavy atom. The van der Waals surface area contributed by atoms with Crippen LogP contribution in [0.3, 0.4) is 0 Å². The number of likely N-dealkylation sites (tertiary alicyclic amines) is 1. The summed E-state index contributed by atoms with van der Waals surface area (Å²) in [6.45, 7) is 1.95. The van der Waals surface area contributed by atoms with Gasteiger partial charge in [-0.25, -0.2) is 26.0 Å². The average Bonchev–Trinajstić information content (AvgIpc) is 3.52. The van der Waals surface area contributed by atoms with Crippen LogP contribution in [0.5, 0.6) is 0 Å². The van der Waals surface area contributed by atoms with Gasteiger partial charge in [-0.2, -0.15) is 0 Å². The Morgan fingerprint density at radius 1 is 1.10 bits per heavy atom. The zero-order chi connectivity index (χ0) is 29.2. The Morgan fingerprint density at radius 2 is 1.82 bits per heavy atom. The molecule has 40 heavy (non-hydrogen) atoms. The van der Waals surface area contributed by atoms with E-state index in [9.17, 15) is 35.6 Å². The van der Waals surface area contributed by atoms with Crippen molar-refractivity contribution in [3.63, 3.8) is 0 Å². The molecule has 1 aliphatic carbocycles. The minimum absolute atomic E-state index is 0.0449. The third-order valence-corrected chi connectivity index (χ3v) is 8.96. The topological polar surface area (TPSA) is 122 Å². The van der Waals surface area contributed by atoms with Gasteiger partial charge in [0.15, 0.2) is 17.5 Å². The Kier molecular flexibility index (Phi) is 9.03. The van der Waals surface area contributed by atoms with E-state index >= 15 is 0 Å². The summed E-state index contributed by atoms with van der Waals surface area (Å²) < 4.78 is 82.8. The van der Waals surface area contributed by atoms with E-state index in [1.807, 2.05) is 4.72 Å². The highest BCUT2D eigenvalue weighted by molar-refractivity contribution is 7.92. The Bertz CT molecular complexity index is 1410. The van der Waals surface area contributed by atoms with E-state index in [0.717, 1.165) is 18.2 Å². The smallest absolute Gasteiger partial charge is 0.257 e. The van der Waals surface area contributed by atoms with Gasteiger partial charge in [0.05, 0.1) is 11.4 Å². The van der Waals surface area contributed by atoms with E-state index in [4.69, 9.17) is 5.73 Å². The highest BCUT2D eigenvalue weighted by atomic mass is 32.2. The largest absolute Gasteiger partial charge is 0.350 e. The van der Waals surface area contributed by atoms with Crippen LogP contribution in [0.15, 0.2) is 24.3 Å². The van der Waals surface area contributed by atoms with Crippen molar-refractivity contribution >= 4 is 27.5 Å². The van der Waals surface area contributed by atoms with E-state index in [-0.39, 0.29) is 37.0 Å². The number of sulfonamides is 1. The molecule has 0 radical (unpaired) electrons. The molecule has 1 aliphatic heterocycles. The number of nitrogens with two attached hydrogens (primary N) is 1. The molecule has 0 bridgehead atoms. The number of hydrogen-bond donors (Lipinski definition) is 3. The van der Waals surface area contributed by atoms with Gasteiger partial charge in [-0.1, -0.05) is 6.92 Å². The van der Waals surface area contributed by atoms with Crippen molar-refractivity contribution < 1.29 is 35.6 Å². The Labute approximate surface area is 230 Å². The fourth-order valence-electron chi connectivity index (χ4n) is 5.54. The van der Waals surface area contributed by atoms with E-state index in [1.54, 1.807) is 11.8 Å². The molecule has 0 spiro atoms. The third kappa shape index (κ3) is 6.41. The van der Waals surface area contributed by atoms with Crippen LogP contribution in [0.2, 0.25) is 0 Å². The van der Waals surface area contributed by atoms with Crippen LogP contribution in [0.25, 0.3) is 0 Å². The second kappa shape index (κ2) is 12.1. The average molecular weight is 585 g/mol. The lowest BCUT2D eigenvalue weighted by Crippen LogP contribution is -2.45. The number of nitrogens with one attached hydrogen (secondary N) is 2. The van der Waals surface area contributed by atoms with Crippen LogP contribution in [-0.4, -0.2) is 56.1 Å². The number of fused-ring (bicyclic) bond motifs is 1. The summed E-state index contributed by atoms with van der Waals surface area (Å²) in [5.74, 6) is -6.32. The molecule has 3 atom stereocenters.